The van der Waals surface area contributed by atoms with E-state index in [-0.39, 0.29) is 11.3 Å². The van der Waals surface area contributed by atoms with Gasteiger partial charge in [0.05, 0.1) is 5.56 Å². The van der Waals surface area contributed by atoms with E-state index in [2.05, 4.69) is 0 Å². The van der Waals surface area contributed by atoms with E-state index in [1.807, 2.05) is 14.1 Å². The van der Waals surface area contributed by atoms with Gasteiger partial charge >= 0.3 is 0 Å². The molecule has 0 amide bonds. The minimum atomic E-state index is -0.478. The lowest BCUT2D eigenvalue weighted by molar-refractivity contribution is 0.102. The first-order chi connectivity index (χ1) is 7.02. The van der Waals surface area contributed by atoms with Crippen LogP contribution in [0.2, 0.25) is 0 Å². The summed E-state index contributed by atoms with van der Waals surface area (Å²) >= 11 is 0. The van der Waals surface area contributed by atoms with Crippen LogP contribution >= 0.6 is 0 Å². The molecule has 0 spiro atoms. The van der Waals surface area contributed by atoms with Crippen molar-refractivity contribution >= 4 is 5.78 Å². The third kappa shape index (κ3) is 2.91. The van der Waals surface area contributed by atoms with Gasteiger partial charge in [0.25, 0.3) is 0 Å². The Morgan fingerprint density at radius 1 is 1.33 bits per heavy atom. The second-order valence-electron chi connectivity index (χ2n) is 3.58. The van der Waals surface area contributed by atoms with Crippen LogP contribution in [0.5, 0.6) is 0 Å². The Morgan fingerprint density at radius 3 is 2.47 bits per heavy atom. The Bertz CT molecular complexity index is 396. The molecule has 0 N–H and O–H groups in total. The van der Waals surface area contributed by atoms with Crippen molar-refractivity contribution in [2.45, 2.75) is 6.92 Å². The molecule has 0 fully saturated rings. The molecule has 0 aromatic heterocycles. The van der Waals surface area contributed by atoms with Crippen molar-refractivity contribution in [1.29, 1.82) is 0 Å². The number of ketones is 1. The summed E-state index contributed by atoms with van der Waals surface area (Å²) in [5.41, 5.74) is 0.637. The highest BCUT2D eigenvalue weighted by Gasteiger charge is 2.12. The maximum absolute atomic E-state index is 13.3. The number of carbonyl (C=O) groups excluding carboxylic acids is 1. The van der Waals surface area contributed by atoms with E-state index in [9.17, 15) is 9.18 Å². The summed E-state index contributed by atoms with van der Waals surface area (Å²) < 4.78 is 13.3. The highest BCUT2D eigenvalue weighted by atomic mass is 19.1. The molecule has 0 atom stereocenters. The predicted octanol–water partition coefficient (Wildman–Crippen LogP) is 2.47. The normalized spacial score (nSPS) is 11.3. The van der Waals surface area contributed by atoms with Crippen molar-refractivity contribution in [1.82, 2.24) is 4.90 Å². The number of hydrogen-bond donors (Lipinski definition) is 0. The Balaban J connectivity index is 3.01. The Kier molecular flexibility index (Phi) is 3.61. The van der Waals surface area contributed by atoms with Crippen molar-refractivity contribution in [2.24, 2.45) is 0 Å². The average molecular weight is 207 g/mol. The highest BCUT2D eigenvalue weighted by molar-refractivity contribution is 6.08. The number of hydrogen-bond acceptors (Lipinski definition) is 2. The van der Waals surface area contributed by atoms with Gasteiger partial charge in [-0.05, 0) is 19.1 Å². The molecular weight excluding hydrogens is 193 g/mol. The molecule has 2 nitrogen and oxygen atoms in total. The molecule has 0 unspecified atom stereocenters. The summed E-state index contributed by atoms with van der Waals surface area (Å²) in [6.45, 7) is 1.68. The molecule has 1 rings (SSSR count). The lowest BCUT2D eigenvalue weighted by Gasteiger charge is -2.07. The van der Waals surface area contributed by atoms with Gasteiger partial charge in [-0.15, -0.1) is 0 Å². The molecule has 0 aliphatic carbocycles. The third-order valence-corrected chi connectivity index (χ3v) is 1.93. The number of allylic oxidation sites excluding steroid dienone is 1. The minimum absolute atomic E-state index is 0.119. The van der Waals surface area contributed by atoms with Gasteiger partial charge in [-0.2, -0.15) is 0 Å². The summed E-state index contributed by atoms with van der Waals surface area (Å²) in [6, 6.07) is 6.00. The summed E-state index contributed by atoms with van der Waals surface area (Å²) in [5, 5.41) is 0. The zero-order valence-electron chi connectivity index (χ0n) is 9.12. The van der Waals surface area contributed by atoms with Gasteiger partial charge in [-0.25, -0.2) is 4.39 Å². The minimum Gasteiger partial charge on any atom is -0.383 e. The zero-order valence-corrected chi connectivity index (χ0v) is 9.12. The first-order valence-corrected chi connectivity index (χ1v) is 4.66. The topological polar surface area (TPSA) is 20.3 Å². The number of carbonyl (C=O) groups is 1. The molecule has 0 saturated carbocycles. The molecule has 0 saturated heterocycles. The molecule has 0 aliphatic rings. The molecule has 80 valence electrons. The number of nitrogens with zero attached hydrogens (tertiary/aromatic N) is 1. The second-order valence-corrected chi connectivity index (χ2v) is 3.58. The lowest BCUT2D eigenvalue weighted by Crippen LogP contribution is -2.09. The van der Waals surface area contributed by atoms with E-state index in [1.165, 1.54) is 12.1 Å². The van der Waals surface area contributed by atoms with Gasteiger partial charge in [0, 0.05) is 25.9 Å². The quantitative estimate of drug-likeness (QED) is 0.560. The van der Waals surface area contributed by atoms with E-state index in [4.69, 9.17) is 0 Å². The van der Waals surface area contributed by atoms with Crippen LogP contribution in [0, 0.1) is 5.82 Å². The zero-order chi connectivity index (χ0) is 11.4. The molecule has 15 heavy (non-hydrogen) atoms. The van der Waals surface area contributed by atoms with E-state index < -0.39 is 5.82 Å². The maximum atomic E-state index is 13.3. The largest absolute Gasteiger partial charge is 0.383 e. The van der Waals surface area contributed by atoms with Crippen molar-refractivity contribution in [3.8, 4) is 0 Å². The van der Waals surface area contributed by atoms with E-state index in [0.717, 1.165) is 0 Å². The van der Waals surface area contributed by atoms with Gasteiger partial charge < -0.3 is 4.90 Å². The van der Waals surface area contributed by atoms with Crippen molar-refractivity contribution in [3.63, 3.8) is 0 Å². The van der Waals surface area contributed by atoms with Crippen molar-refractivity contribution in [3.05, 3.63) is 47.4 Å². The monoisotopic (exact) mass is 207 g/mol. The molecule has 0 aliphatic heterocycles. The van der Waals surface area contributed by atoms with Crippen LogP contribution in [0.4, 0.5) is 4.39 Å². The molecule has 0 bridgehead atoms. The first-order valence-electron chi connectivity index (χ1n) is 4.66. The highest BCUT2D eigenvalue weighted by Crippen LogP contribution is 2.12. The van der Waals surface area contributed by atoms with Crippen LogP contribution in [0.3, 0.4) is 0 Å². The van der Waals surface area contributed by atoms with Crippen molar-refractivity contribution < 1.29 is 9.18 Å². The van der Waals surface area contributed by atoms with Gasteiger partial charge in [-0.1, -0.05) is 12.1 Å². The number of halogens is 1. The van der Waals surface area contributed by atoms with E-state index in [0.29, 0.717) is 5.57 Å². The van der Waals surface area contributed by atoms with Crippen LogP contribution in [0.15, 0.2) is 36.0 Å². The van der Waals surface area contributed by atoms with E-state index in [1.54, 1.807) is 30.2 Å². The molecule has 3 heteroatoms. The molecule has 0 radical (unpaired) electrons. The van der Waals surface area contributed by atoms with Gasteiger partial charge in [0.15, 0.2) is 5.78 Å². The second kappa shape index (κ2) is 4.73. The Hall–Kier alpha value is -1.64. The smallest absolute Gasteiger partial charge is 0.193 e. The predicted molar refractivity (Wildman–Crippen MR) is 58.2 cm³/mol. The van der Waals surface area contributed by atoms with Crippen LogP contribution in [0.25, 0.3) is 0 Å². The number of Topliss-reactive ketones (excluding diaryl/α,β-unsaturated/α-hetero) is 1. The van der Waals surface area contributed by atoms with Crippen LogP contribution in [-0.2, 0) is 0 Å². The first kappa shape index (κ1) is 11.4. The summed E-state index contributed by atoms with van der Waals surface area (Å²) in [4.78, 5) is 13.5. The standard InChI is InChI=1S/C12H14FNO/c1-9(8-14(2)3)12(15)10-6-4-5-7-11(10)13/h4-8H,1-3H3. The number of benzene rings is 1. The molecule has 1 aromatic rings. The fraction of sp³-hybridized carbons (Fsp3) is 0.250. The van der Waals surface area contributed by atoms with E-state index >= 15 is 0 Å². The summed E-state index contributed by atoms with van der Waals surface area (Å²) in [7, 11) is 3.64. The fourth-order valence-corrected chi connectivity index (χ4v) is 1.30. The number of rotatable bonds is 3. The van der Waals surface area contributed by atoms with Gasteiger partial charge in [0.2, 0.25) is 0 Å². The molecule has 1 aromatic carbocycles. The average Bonchev–Trinajstić information content (AvgIpc) is 2.16. The lowest BCUT2D eigenvalue weighted by atomic mass is 10.1. The Morgan fingerprint density at radius 2 is 1.93 bits per heavy atom. The maximum Gasteiger partial charge on any atom is 0.193 e. The third-order valence-electron chi connectivity index (χ3n) is 1.93. The van der Waals surface area contributed by atoms with Gasteiger partial charge in [0.1, 0.15) is 5.82 Å². The summed E-state index contributed by atoms with van der Waals surface area (Å²) in [6.07, 6.45) is 1.68. The van der Waals surface area contributed by atoms with Crippen LogP contribution < -0.4 is 0 Å². The van der Waals surface area contributed by atoms with Gasteiger partial charge in [-0.3, -0.25) is 4.79 Å². The fourth-order valence-electron chi connectivity index (χ4n) is 1.30. The summed E-state index contributed by atoms with van der Waals surface area (Å²) in [5.74, 6) is -0.754. The molecule has 0 heterocycles. The van der Waals surface area contributed by atoms with Crippen LogP contribution in [0.1, 0.15) is 17.3 Å². The SMILES string of the molecule is CC(=CN(C)C)C(=O)c1ccccc1F. The molecular formula is C12H14FNO. The van der Waals surface area contributed by atoms with Crippen LogP contribution in [-0.4, -0.2) is 24.8 Å². The Labute approximate surface area is 89.0 Å². The van der Waals surface area contributed by atoms with Crippen molar-refractivity contribution in [2.75, 3.05) is 14.1 Å².